The van der Waals surface area contributed by atoms with Gasteiger partial charge in [0.05, 0.1) is 0 Å². The molecule has 3 nitrogen and oxygen atoms in total. The van der Waals surface area contributed by atoms with Crippen LogP contribution in [0.3, 0.4) is 0 Å². The van der Waals surface area contributed by atoms with Crippen molar-refractivity contribution in [2.45, 2.75) is 45.8 Å². The Kier molecular flexibility index (Phi) is 8.94. The molecule has 5 heteroatoms. The number of hydrogen-bond donors (Lipinski definition) is 1. The fraction of sp³-hybridized carbons (Fsp3) is 0.625. The molecule has 0 spiro atoms. The lowest BCUT2D eigenvalue weighted by atomic mass is 10.1. The highest BCUT2D eigenvalue weighted by atomic mass is 19.3. The van der Waals surface area contributed by atoms with Crippen molar-refractivity contribution in [3.05, 3.63) is 29.8 Å². The first-order chi connectivity index (χ1) is 10.1. The van der Waals surface area contributed by atoms with Crippen LogP contribution in [0.2, 0.25) is 0 Å². The van der Waals surface area contributed by atoms with Crippen molar-refractivity contribution in [3.63, 3.8) is 0 Å². The molecule has 120 valence electrons. The summed E-state index contributed by atoms with van der Waals surface area (Å²) in [6, 6.07) is 6.83. The Morgan fingerprint density at radius 2 is 1.86 bits per heavy atom. The van der Waals surface area contributed by atoms with E-state index < -0.39 is 6.61 Å². The summed E-state index contributed by atoms with van der Waals surface area (Å²) in [5.41, 5.74) is 0.740. The Morgan fingerprint density at radius 1 is 1.14 bits per heavy atom. The molecule has 0 aliphatic carbocycles. The van der Waals surface area contributed by atoms with Gasteiger partial charge < -0.3 is 14.8 Å². The molecule has 21 heavy (non-hydrogen) atoms. The van der Waals surface area contributed by atoms with Gasteiger partial charge in [0.2, 0.25) is 0 Å². The lowest BCUT2D eigenvalue weighted by Crippen LogP contribution is -2.22. The number of para-hydroxylation sites is 1. The molecule has 0 amide bonds. The maximum atomic E-state index is 12.4. The largest absolute Gasteiger partial charge is 0.434 e. The predicted molar refractivity (Wildman–Crippen MR) is 79.8 cm³/mol. The Balaban J connectivity index is 2.33. The van der Waals surface area contributed by atoms with Gasteiger partial charge in [-0.25, -0.2) is 0 Å². The number of alkyl halides is 2. The van der Waals surface area contributed by atoms with Crippen molar-refractivity contribution in [1.82, 2.24) is 5.32 Å². The van der Waals surface area contributed by atoms with E-state index >= 15 is 0 Å². The van der Waals surface area contributed by atoms with Crippen LogP contribution in [0.25, 0.3) is 0 Å². The Labute approximate surface area is 125 Å². The molecule has 0 radical (unpaired) electrons. The van der Waals surface area contributed by atoms with Gasteiger partial charge in [-0.15, -0.1) is 0 Å². The molecule has 1 unspecified atom stereocenters. The van der Waals surface area contributed by atoms with Gasteiger partial charge >= 0.3 is 6.61 Å². The molecule has 1 N–H and O–H groups in total. The van der Waals surface area contributed by atoms with Gasteiger partial charge in [0.25, 0.3) is 0 Å². The summed E-state index contributed by atoms with van der Waals surface area (Å²) >= 11 is 0. The van der Waals surface area contributed by atoms with E-state index in [-0.39, 0.29) is 11.8 Å². The number of halogens is 2. The predicted octanol–water partition coefficient (Wildman–Crippen LogP) is 4.15. The minimum atomic E-state index is -2.80. The van der Waals surface area contributed by atoms with Gasteiger partial charge in [-0.05, 0) is 32.4 Å². The van der Waals surface area contributed by atoms with Crippen LogP contribution in [0.5, 0.6) is 5.75 Å². The quantitative estimate of drug-likeness (QED) is 0.623. The van der Waals surface area contributed by atoms with Crippen LogP contribution in [0, 0.1) is 0 Å². The van der Waals surface area contributed by atoms with Crippen molar-refractivity contribution in [2.75, 3.05) is 19.8 Å². The summed E-state index contributed by atoms with van der Waals surface area (Å²) in [5, 5.41) is 3.30. The first kappa shape index (κ1) is 17.9. The molecule has 1 rings (SSSR count). The van der Waals surface area contributed by atoms with Crippen LogP contribution in [0.1, 0.15) is 44.7 Å². The highest BCUT2D eigenvalue weighted by molar-refractivity contribution is 5.35. The van der Waals surface area contributed by atoms with Crippen molar-refractivity contribution in [1.29, 1.82) is 0 Å². The zero-order valence-corrected chi connectivity index (χ0v) is 12.8. The monoisotopic (exact) mass is 301 g/mol. The first-order valence-corrected chi connectivity index (χ1v) is 7.50. The maximum Gasteiger partial charge on any atom is 0.387 e. The van der Waals surface area contributed by atoms with E-state index in [1.807, 2.05) is 13.0 Å². The van der Waals surface area contributed by atoms with Gasteiger partial charge in [0, 0.05) is 24.8 Å². The maximum absolute atomic E-state index is 12.4. The molecule has 0 saturated carbocycles. The summed E-state index contributed by atoms with van der Waals surface area (Å²) in [6.45, 7) is 3.56. The molecular weight excluding hydrogens is 276 g/mol. The Bertz CT molecular complexity index is 388. The van der Waals surface area contributed by atoms with Crippen LogP contribution >= 0.6 is 0 Å². The highest BCUT2D eigenvalue weighted by Gasteiger charge is 2.13. The molecule has 1 aromatic rings. The fourth-order valence-electron chi connectivity index (χ4n) is 1.99. The van der Waals surface area contributed by atoms with Crippen LogP contribution in [0.4, 0.5) is 8.78 Å². The van der Waals surface area contributed by atoms with Crippen LogP contribution in [-0.2, 0) is 4.74 Å². The Morgan fingerprint density at radius 3 is 2.57 bits per heavy atom. The molecule has 0 aliphatic heterocycles. The zero-order valence-electron chi connectivity index (χ0n) is 12.8. The van der Waals surface area contributed by atoms with Gasteiger partial charge in [0.1, 0.15) is 5.75 Å². The average Bonchev–Trinajstić information content (AvgIpc) is 2.46. The number of rotatable bonds is 11. The molecule has 0 heterocycles. The third-order valence-corrected chi connectivity index (χ3v) is 3.16. The lowest BCUT2D eigenvalue weighted by molar-refractivity contribution is -0.0506. The SMILES string of the molecule is CCCCOCCCNC(C)c1ccccc1OC(F)F. The minimum Gasteiger partial charge on any atom is -0.434 e. The van der Waals surface area contributed by atoms with E-state index in [0.29, 0.717) is 0 Å². The molecule has 0 aliphatic rings. The zero-order chi connectivity index (χ0) is 15.5. The second kappa shape index (κ2) is 10.5. The average molecular weight is 301 g/mol. The summed E-state index contributed by atoms with van der Waals surface area (Å²) in [7, 11) is 0. The van der Waals surface area contributed by atoms with Gasteiger partial charge in [-0.3, -0.25) is 0 Å². The van der Waals surface area contributed by atoms with Crippen molar-refractivity contribution in [3.8, 4) is 5.75 Å². The van der Waals surface area contributed by atoms with Crippen LogP contribution < -0.4 is 10.1 Å². The molecule has 0 bridgehead atoms. The number of hydrogen-bond acceptors (Lipinski definition) is 3. The third kappa shape index (κ3) is 7.39. The van der Waals surface area contributed by atoms with Crippen molar-refractivity contribution in [2.24, 2.45) is 0 Å². The van der Waals surface area contributed by atoms with Crippen LogP contribution in [0.15, 0.2) is 24.3 Å². The molecule has 0 fully saturated rings. The van der Waals surface area contributed by atoms with E-state index in [2.05, 4.69) is 17.0 Å². The first-order valence-electron chi connectivity index (χ1n) is 7.50. The summed E-state index contributed by atoms with van der Waals surface area (Å²) < 4.78 is 34.7. The minimum absolute atomic E-state index is 0.0457. The third-order valence-electron chi connectivity index (χ3n) is 3.16. The van der Waals surface area contributed by atoms with E-state index in [1.165, 1.54) is 0 Å². The number of benzene rings is 1. The Hall–Kier alpha value is -1.20. The number of unbranched alkanes of at least 4 members (excludes halogenated alkanes) is 1. The molecule has 0 saturated heterocycles. The van der Waals surface area contributed by atoms with Gasteiger partial charge in [-0.2, -0.15) is 8.78 Å². The van der Waals surface area contributed by atoms with E-state index in [4.69, 9.17) is 4.74 Å². The summed E-state index contributed by atoms with van der Waals surface area (Å²) in [5.74, 6) is 0.228. The standard InChI is InChI=1S/C16H25F2NO2/c1-3-4-11-20-12-7-10-19-13(2)14-8-5-6-9-15(14)21-16(17)18/h5-6,8-9,13,16,19H,3-4,7,10-12H2,1-2H3. The molecule has 0 aromatic heterocycles. The fourth-order valence-corrected chi connectivity index (χ4v) is 1.99. The normalized spacial score (nSPS) is 12.6. The lowest BCUT2D eigenvalue weighted by Gasteiger charge is -2.18. The smallest absolute Gasteiger partial charge is 0.387 e. The van der Waals surface area contributed by atoms with E-state index in [1.54, 1.807) is 18.2 Å². The highest BCUT2D eigenvalue weighted by Crippen LogP contribution is 2.26. The van der Waals surface area contributed by atoms with Crippen molar-refractivity contribution >= 4 is 0 Å². The summed E-state index contributed by atoms with van der Waals surface area (Å²) in [6.07, 6.45) is 3.12. The number of ether oxygens (including phenoxy) is 2. The van der Waals surface area contributed by atoms with E-state index in [0.717, 1.165) is 44.6 Å². The van der Waals surface area contributed by atoms with Gasteiger partial charge in [0.15, 0.2) is 0 Å². The van der Waals surface area contributed by atoms with Crippen molar-refractivity contribution < 1.29 is 18.3 Å². The molecule has 1 atom stereocenters. The number of nitrogens with one attached hydrogen (secondary N) is 1. The topological polar surface area (TPSA) is 30.5 Å². The van der Waals surface area contributed by atoms with Gasteiger partial charge in [-0.1, -0.05) is 31.5 Å². The second-order valence-corrected chi connectivity index (χ2v) is 4.91. The molecular formula is C16H25F2NO2. The van der Waals surface area contributed by atoms with E-state index in [9.17, 15) is 8.78 Å². The second-order valence-electron chi connectivity index (χ2n) is 4.91. The summed E-state index contributed by atoms with van der Waals surface area (Å²) in [4.78, 5) is 0. The van der Waals surface area contributed by atoms with Crippen LogP contribution in [-0.4, -0.2) is 26.4 Å². The molecule has 1 aromatic carbocycles.